The molecule has 3 aromatic rings. The van der Waals surface area contributed by atoms with E-state index in [4.69, 9.17) is 4.74 Å². The first-order chi connectivity index (χ1) is 10.9. The highest BCUT2D eigenvalue weighted by molar-refractivity contribution is 7.14. The fourth-order valence-corrected chi connectivity index (χ4v) is 2.58. The smallest absolute Gasteiger partial charge is 0.203 e. The Bertz CT molecular complexity index is 771. The highest BCUT2D eigenvalue weighted by atomic mass is 32.1. The second kappa shape index (κ2) is 6.82. The zero-order chi connectivity index (χ0) is 15.2. The summed E-state index contributed by atoms with van der Waals surface area (Å²) in [4.78, 5) is 8.48. The van der Waals surface area contributed by atoms with Crippen LogP contribution in [-0.2, 0) is 0 Å². The fraction of sp³-hybridized carbons (Fsp3) is 0.0625. The van der Waals surface area contributed by atoms with Gasteiger partial charge in [-0.3, -0.25) is 10.4 Å². The van der Waals surface area contributed by atoms with E-state index in [0.717, 1.165) is 27.7 Å². The summed E-state index contributed by atoms with van der Waals surface area (Å²) in [6, 6.07) is 11.6. The maximum absolute atomic E-state index is 5.36. The summed E-state index contributed by atoms with van der Waals surface area (Å²) in [6.07, 6.45) is 5.18. The second-order valence-corrected chi connectivity index (χ2v) is 5.25. The first-order valence-electron chi connectivity index (χ1n) is 6.65. The van der Waals surface area contributed by atoms with Crippen LogP contribution in [-0.4, -0.2) is 23.3 Å². The van der Waals surface area contributed by atoms with Crippen LogP contribution in [0, 0.1) is 0 Å². The lowest BCUT2D eigenvalue weighted by Gasteiger charge is -2.04. The van der Waals surface area contributed by atoms with Gasteiger partial charge in [-0.05, 0) is 29.8 Å². The third-order valence-electron chi connectivity index (χ3n) is 2.97. The Hall–Kier alpha value is -2.73. The standard InChI is InChI=1S/C16H14N4OS/c1-21-15-5-3-2-4-13(15)14-11-22-16(19-14)20-18-10-12-6-8-17-9-7-12/h2-11H,1H3,(H,19,20)/b18-10-. The summed E-state index contributed by atoms with van der Waals surface area (Å²) in [7, 11) is 1.66. The molecule has 0 atom stereocenters. The molecule has 0 radical (unpaired) electrons. The normalized spacial score (nSPS) is 10.8. The fourth-order valence-electron chi connectivity index (χ4n) is 1.92. The van der Waals surface area contributed by atoms with Gasteiger partial charge in [0.1, 0.15) is 5.75 Å². The van der Waals surface area contributed by atoms with E-state index < -0.39 is 0 Å². The molecule has 0 aliphatic heterocycles. The minimum absolute atomic E-state index is 0.728. The molecule has 0 fully saturated rings. The van der Waals surface area contributed by atoms with Crippen molar-refractivity contribution in [3.05, 3.63) is 59.7 Å². The maximum atomic E-state index is 5.36. The average molecular weight is 310 g/mol. The highest BCUT2D eigenvalue weighted by Gasteiger charge is 2.08. The van der Waals surface area contributed by atoms with Crippen LogP contribution in [0.4, 0.5) is 5.13 Å². The number of hydrogen-bond acceptors (Lipinski definition) is 6. The number of pyridine rings is 1. The molecule has 0 amide bonds. The molecule has 2 heterocycles. The lowest BCUT2D eigenvalue weighted by molar-refractivity contribution is 0.416. The summed E-state index contributed by atoms with van der Waals surface area (Å²) in [6.45, 7) is 0. The minimum atomic E-state index is 0.728. The number of ether oxygens (including phenoxy) is 1. The lowest BCUT2D eigenvalue weighted by Crippen LogP contribution is -1.91. The van der Waals surface area contributed by atoms with Gasteiger partial charge in [-0.25, -0.2) is 4.98 Å². The largest absolute Gasteiger partial charge is 0.496 e. The Morgan fingerprint density at radius 1 is 1.18 bits per heavy atom. The van der Waals surface area contributed by atoms with Crippen LogP contribution >= 0.6 is 11.3 Å². The number of nitrogens with zero attached hydrogens (tertiary/aromatic N) is 3. The molecule has 0 unspecified atom stereocenters. The van der Waals surface area contributed by atoms with E-state index in [1.165, 1.54) is 11.3 Å². The maximum Gasteiger partial charge on any atom is 0.203 e. The third-order valence-corrected chi connectivity index (χ3v) is 3.71. The number of methoxy groups -OCH3 is 1. The van der Waals surface area contributed by atoms with Gasteiger partial charge in [0.2, 0.25) is 5.13 Å². The summed E-state index contributed by atoms with van der Waals surface area (Å²) < 4.78 is 5.36. The van der Waals surface area contributed by atoms with Crippen LogP contribution in [0.1, 0.15) is 5.56 Å². The Labute approximate surface area is 132 Å². The average Bonchev–Trinajstić information content (AvgIpc) is 3.04. The second-order valence-electron chi connectivity index (χ2n) is 4.39. The molecule has 0 bridgehead atoms. The molecule has 1 aromatic carbocycles. The van der Waals surface area contributed by atoms with Crippen molar-refractivity contribution in [3.8, 4) is 17.0 Å². The molecule has 0 saturated heterocycles. The SMILES string of the molecule is COc1ccccc1-c1csc(N/N=C\c2ccncc2)n1. The Kier molecular flexibility index (Phi) is 4.41. The number of para-hydroxylation sites is 1. The Morgan fingerprint density at radius 3 is 2.82 bits per heavy atom. The molecular formula is C16H14N4OS. The van der Waals surface area contributed by atoms with Gasteiger partial charge in [0.15, 0.2) is 0 Å². The monoisotopic (exact) mass is 310 g/mol. The number of hydrazone groups is 1. The van der Waals surface area contributed by atoms with E-state index in [2.05, 4.69) is 20.5 Å². The molecule has 0 aliphatic rings. The van der Waals surface area contributed by atoms with Gasteiger partial charge >= 0.3 is 0 Å². The van der Waals surface area contributed by atoms with Gasteiger partial charge in [0, 0.05) is 23.3 Å². The number of thiazole rings is 1. The van der Waals surface area contributed by atoms with E-state index in [9.17, 15) is 0 Å². The van der Waals surface area contributed by atoms with Gasteiger partial charge in [-0.15, -0.1) is 11.3 Å². The number of anilines is 1. The first kappa shape index (κ1) is 14.2. The van der Waals surface area contributed by atoms with Crippen molar-refractivity contribution in [2.75, 3.05) is 12.5 Å². The molecule has 110 valence electrons. The van der Waals surface area contributed by atoms with Crippen LogP contribution in [0.5, 0.6) is 5.75 Å². The molecule has 0 aliphatic carbocycles. The summed E-state index contributed by atoms with van der Waals surface area (Å²) >= 11 is 1.49. The van der Waals surface area contributed by atoms with Crippen molar-refractivity contribution in [3.63, 3.8) is 0 Å². The van der Waals surface area contributed by atoms with Crippen molar-refractivity contribution >= 4 is 22.7 Å². The number of rotatable bonds is 5. The van der Waals surface area contributed by atoms with Crippen molar-refractivity contribution in [1.82, 2.24) is 9.97 Å². The number of nitrogens with one attached hydrogen (secondary N) is 1. The van der Waals surface area contributed by atoms with E-state index in [1.807, 2.05) is 41.8 Å². The first-order valence-corrected chi connectivity index (χ1v) is 7.53. The molecule has 0 saturated carbocycles. The van der Waals surface area contributed by atoms with Crippen molar-refractivity contribution in [1.29, 1.82) is 0 Å². The summed E-state index contributed by atoms with van der Waals surface area (Å²) in [5.74, 6) is 0.805. The van der Waals surface area contributed by atoms with E-state index in [0.29, 0.717) is 0 Å². The van der Waals surface area contributed by atoms with E-state index >= 15 is 0 Å². The van der Waals surface area contributed by atoms with Gasteiger partial charge in [-0.2, -0.15) is 5.10 Å². The van der Waals surface area contributed by atoms with Gasteiger partial charge in [-0.1, -0.05) is 12.1 Å². The third kappa shape index (κ3) is 3.29. The van der Waals surface area contributed by atoms with Gasteiger partial charge in [0.25, 0.3) is 0 Å². The van der Waals surface area contributed by atoms with Crippen molar-refractivity contribution in [2.45, 2.75) is 0 Å². The van der Waals surface area contributed by atoms with Crippen molar-refractivity contribution < 1.29 is 4.74 Å². The quantitative estimate of drug-likeness (QED) is 0.577. The van der Waals surface area contributed by atoms with Gasteiger partial charge < -0.3 is 4.74 Å². The molecule has 1 N–H and O–H groups in total. The van der Waals surface area contributed by atoms with Crippen LogP contribution in [0.3, 0.4) is 0 Å². The molecule has 6 heteroatoms. The van der Waals surface area contributed by atoms with Crippen LogP contribution in [0.2, 0.25) is 0 Å². The van der Waals surface area contributed by atoms with E-state index in [1.54, 1.807) is 25.7 Å². The number of aromatic nitrogens is 2. The van der Waals surface area contributed by atoms with Gasteiger partial charge in [0.05, 0.1) is 19.0 Å². The highest BCUT2D eigenvalue weighted by Crippen LogP contribution is 2.31. The molecular weight excluding hydrogens is 296 g/mol. The van der Waals surface area contributed by atoms with E-state index in [-0.39, 0.29) is 0 Å². The summed E-state index contributed by atoms with van der Waals surface area (Å²) in [5, 5.41) is 6.88. The molecule has 3 rings (SSSR count). The van der Waals surface area contributed by atoms with Crippen molar-refractivity contribution in [2.24, 2.45) is 5.10 Å². The predicted molar refractivity (Wildman–Crippen MR) is 89.6 cm³/mol. The molecule has 0 spiro atoms. The topological polar surface area (TPSA) is 59.4 Å². The summed E-state index contributed by atoms with van der Waals surface area (Å²) in [5.41, 5.74) is 5.74. The predicted octanol–water partition coefficient (Wildman–Crippen LogP) is 3.66. The zero-order valence-corrected chi connectivity index (χ0v) is 12.7. The lowest BCUT2D eigenvalue weighted by atomic mass is 10.1. The molecule has 2 aromatic heterocycles. The van der Waals surface area contributed by atoms with Crippen LogP contribution < -0.4 is 10.2 Å². The number of hydrogen-bond donors (Lipinski definition) is 1. The zero-order valence-electron chi connectivity index (χ0n) is 11.9. The molecule has 22 heavy (non-hydrogen) atoms. The van der Waals surface area contributed by atoms with Crippen LogP contribution in [0.15, 0.2) is 59.3 Å². The number of benzene rings is 1. The molecule has 5 nitrogen and oxygen atoms in total. The van der Waals surface area contributed by atoms with Crippen LogP contribution in [0.25, 0.3) is 11.3 Å². The Morgan fingerprint density at radius 2 is 2.00 bits per heavy atom. The minimum Gasteiger partial charge on any atom is -0.496 e. The Balaban J connectivity index is 1.73.